The zero-order valence-electron chi connectivity index (χ0n) is 8.63. The van der Waals surface area contributed by atoms with E-state index >= 15 is 0 Å². The topological polar surface area (TPSA) is 26.3 Å². The minimum absolute atomic E-state index is 0.0255. The van der Waals surface area contributed by atoms with Gasteiger partial charge < -0.3 is 4.74 Å². The second kappa shape index (κ2) is 5.57. The summed E-state index contributed by atoms with van der Waals surface area (Å²) < 4.78 is 5.97. The minimum Gasteiger partial charge on any atom is -0.496 e. The third kappa shape index (κ3) is 3.10. The number of hydrogen-bond acceptors (Lipinski definition) is 2. The van der Waals surface area contributed by atoms with Crippen molar-refractivity contribution in [1.29, 1.82) is 0 Å². The molecule has 0 bridgehead atoms. The van der Waals surface area contributed by atoms with Gasteiger partial charge in [-0.15, -0.1) is 5.92 Å². The van der Waals surface area contributed by atoms with E-state index in [-0.39, 0.29) is 12.2 Å². The summed E-state index contributed by atoms with van der Waals surface area (Å²) in [5.74, 6) is 6.00. The number of halogens is 1. The summed E-state index contributed by atoms with van der Waals surface area (Å²) in [5.41, 5.74) is 0.564. The number of rotatable bonds is 3. The normalized spacial score (nSPS) is 9.00. The molecule has 3 heteroatoms. The molecule has 1 rings (SSSR count). The minimum atomic E-state index is -0.0255. The van der Waals surface area contributed by atoms with Gasteiger partial charge >= 0.3 is 0 Å². The van der Waals surface area contributed by atoms with Gasteiger partial charge in [0.15, 0.2) is 5.78 Å². The molecular formula is C12H11BrO2. The Morgan fingerprint density at radius 1 is 1.53 bits per heavy atom. The van der Waals surface area contributed by atoms with Gasteiger partial charge in [0.25, 0.3) is 0 Å². The van der Waals surface area contributed by atoms with Gasteiger partial charge in [-0.25, -0.2) is 0 Å². The molecule has 2 nitrogen and oxygen atoms in total. The summed E-state index contributed by atoms with van der Waals surface area (Å²) in [6.07, 6.45) is 0.226. The number of ketones is 1. The van der Waals surface area contributed by atoms with E-state index in [0.717, 1.165) is 4.47 Å². The van der Waals surface area contributed by atoms with Gasteiger partial charge in [-0.3, -0.25) is 4.79 Å². The molecule has 0 saturated carbocycles. The monoisotopic (exact) mass is 266 g/mol. The Kier molecular flexibility index (Phi) is 4.38. The number of methoxy groups -OCH3 is 1. The first-order valence-corrected chi connectivity index (χ1v) is 5.24. The zero-order valence-corrected chi connectivity index (χ0v) is 10.2. The lowest BCUT2D eigenvalue weighted by molar-refractivity contribution is 0.0995. The third-order valence-corrected chi connectivity index (χ3v) is 2.38. The van der Waals surface area contributed by atoms with E-state index in [9.17, 15) is 4.79 Å². The first-order chi connectivity index (χ1) is 7.19. The molecule has 0 amide bonds. The van der Waals surface area contributed by atoms with E-state index in [1.165, 1.54) is 0 Å². The van der Waals surface area contributed by atoms with Crippen LogP contribution in [0, 0.1) is 11.8 Å². The fourth-order valence-electron chi connectivity index (χ4n) is 1.16. The molecule has 1 aromatic rings. The lowest BCUT2D eigenvalue weighted by atomic mass is 10.1. The molecule has 0 N–H and O–H groups in total. The standard InChI is InChI=1S/C12H11BrO2/c1-3-4-5-11(14)10-8-9(13)6-7-12(10)15-2/h6-8H,5H2,1-2H3. The first-order valence-electron chi connectivity index (χ1n) is 4.45. The van der Waals surface area contributed by atoms with Crippen LogP contribution in [0.1, 0.15) is 23.7 Å². The number of Topliss-reactive ketones (excluding diaryl/α,β-unsaturated/α-hetero) is 1. The molecular weight excluding hydrogens is 256 g/mol. The van der Waals surface area contributed by atoms with Crippen molar-refractivity contribution in [1.82, 2.24) is 0 Å². The third-order valence-electron chi connectivity index (χ3n) is 1.89. The smallest absolute Gasteiger partial charge is 0.178 e. The van der Waals surface area contributed by atoms with Gasteiger partial charge in [0.1, 0.15) is 5.75 Å². The second-order valence-electron chi connectivity index (χ2n) is 2.87. The Bertz CT molecular complexity index is 427. The molecule has 0 aliphatic rings. The van der Waals surface area contributed by atoms with Crippen LogP contribution in [0.5, 0.6) is 5.75 Å². The average Bonchev–Trinajstić information content (AvgIpc) is 2.25. The van der Waals surface area contributed by atoms with E-state index in [0.29, 0.717) is 11.3 Å². The number of carbonyl (C=O) groups excluding carboxylic acids is 1. The highest BCUT2D eigenvalue weighted by Gasteiger charge is 2.11. The molecule has 0 heterocycles. The second-order valence-corrected chi connectivity index (χ2v) is 3.79. The van der Waals surface area contributed by atoms with Gasteiger partial charge in [0.05, 0.1) is 19.1 Å². The highest BCUT2D eigenvalue weighted by Crippen LogP contribution is 2.23. The molecule has 78 valence electrons. The van der Waals surface area contributed by atoms with Crippen molar-refractivity contribution < 1.29 is 9.53 Å². The van der Waals surface area contributed by atoms with Crippen molar-refractivity contribution >= 4 is 21.7 Å². The Morgan fingerprint density at radius 2 is 2.27 bits per heavy atom. The summed E-state index contributed by atoms with van der Waals surface area (Å²) in [6.45, 7) is 1.71. The maximum absolute atomic E-state index is 11.7. The van der Waals surface area contributed by atoms with Gasteiger partial charge in [-0.05, 0) is 25.1 Å². The highest BCUT2D eigenvalue weighted by molar-refractivity contribution is 9.10. The van der Waals surface area contributed by atoms with Crippen LogP contribution in [0.25, 0.3) is 0 Å². The Morgan fingerprint density at radius 3 is 2.87 bits per heavy atom. The van der Waals surface area contributed by atoms with Crippen LogP contribution in [0.4, 0.5) is 0 Å². The molecule has 15 heavy (non-hydrogen) atoms. The van der Waals surface area contributed by atoms with Gasteiger partial charge in [-0.2, -0.15) is 0 Å². The average molecular weight is 267 g/mol. The molecule has 0 aliphatic carbocycles. The van der Waals surface area contributed by atoms with E-state index in [1.807, 2.05) is 6.07 Å². The van der Waals surface area contributed by atoms with Crippen LogP contribution in [0.3, 0.4) is 0 Å². The number of carbonyl (C=O) groups is 1. The lowest BCUT2D eigenvalue weighted by Gasteiger charge is -2.06. The van der Waals surface area contributed by atoms with E-state index < -0.39 is 0 Å². The van der Waals surface area contributed by atoms with Crippen molar-refractivity contribution in [2.24, 2.45) is 0 Å². The maximum atomic E-state index is 11.7. The Labute approximate surface area is 97.8 Å². The molecule has 0 aromatic heterocycles. The van der Waals surface area contributed by atoms with Gasteiger partial charge in [0, 0.05) is 4.47 Å². The highest BCUT2D eigenvalue weighted by atomic mass is 79.9. The quantitative estimate of drug-likeness (QED) is 0.621. The molecule has 1 aromatic carbocycles. The maximum Gasteiger partial charge on any atom is 0.178 e. The largest absolute Gasteiger partial charge is 0.496 e. The molecule has 0 unspecified atom stereocenters. The summed E-state index contributed by atoms with van der Waals surface area (Å²) in [4.78, 5) is 11.7. The lowest BCUT2D eigenvalue weighted by Crippen LogP contribution is -2.01. The summed E-state index contributed by atoms with van der Waals surface area (Å²) in [5, 5.41) is 0. The van der Waals surface area contributed by atoms with E-state index in [2.05, 4.69) is 27.8 Å². The van der Waals surface area contributed by atoms with E-state index in [1.54, 1.807) is 26.2 Å². The van der Waals surface area contributed by atoms with Gasteiger partial charge in [0.2, 0.25) is 0 Å². The summed E-state index contributed by atoms with van der Waals surface area (Å²) in [6, 6.07) is 5.34. The molecule has 0 atom stereocenters. The zero-order chi connectivity index (χ0) is 11.3. The van der Waals surface area contributed by atoms with Crippen LogP contribution < -0.4 is 4.74 Å². The molecule has 0 aliphatic heterocycles. The fourth-order valence-corrected chi connectivity index (χ4v) is 1.52. The number of ether oxygens (including phenoxy) is 1. The van der Waals surface area contributed by atoms with Crippen molar-refractivity contribution in [3.05, 3.63) is 28.2 Å². The van der Waals surface area contributed by atoms with Crippen molar-refractivity contribution in [2.75, 3.05) is 7.11 Å². The van der Waals surface area contributed by atoms with Crippen LogP contribution in [-0.4, -0.2) is 12.9 Å². The SMILES string of the molecule is CC#CCC(=O)c1cc(Br)ccc1OC. The van der Waals surface area contributed by atoms with Crippen molar-refractivity contribution in [3.8, 4) is 17.6 Å². The Balaban J connectivity index is 3.03. The molecule has 0 saturated heterocycles. The molecule has 0 fully saturated rings. The van der Waals surface area contributed by atoms with Crippen LogP contribution >= 0.6 is 15.9 Å². The van der Waals surface area contributed by atoms with E-state index in [4.69, 9.17) is 4.74 Å². The van der Waals surface area contributed by atoms with Gasteiger partial charge in [-0.1, -0.05) is 21.9 Å². The van der Waals surface area contributed by atoms with Crippen LogP contribution in [0.2, 0.25) is 0 Å². The number of benzene rings is 1. The van der Waals surface area contributed by atoms with Crippen molar-refractivity contribution in [3.63, 3.8) is 0 Å². The molecule has 0 radical (unpaired) electrons. The van der Waals surface area contributed by atoms with Crippen LogP contribution in [0.15, 0.2) is 22.7 Å². The molecule has 0 spiro atoms. The van der Waals surface area contributed by atoms with Crippen LogP contribution in [-0.2, 0) is 0 Å². The number of hydrogen-bond donors (Lipinski definition) is 0. The summed E-state index contributed by atoms with van der Waals surface area (Å²) >= 11 is 3.32. The Hall–Kier alpha value is -1.27. The summed E-state index contributed by atoms with van der Waals surface area (Å²) in [7, 11) is 1.55. The predicted molar refractivity (Wildman–Crippen MR) is 63.1 cm³/mol. The first kappa shape index (κ1) is 11.8. The predicted octanol–water partition coefficient (Wildman–Crippen LogP) is 3.05. The fraction of sp³-hybridized carbons (Fsp3) is 0.250. The van der Waals surface area contributed by atoms with Crippen molar-refractivity contribution in [2.45, 2.75) is 13.3 Å².